The molecule has 0 bridgehead atoms. The Labute approximate surface area is 260 Å². The SMILES string of the molecule is OC[C@@H]1O[C@@H](O[C@@H]2C(O)[C@H](O[C@@H]3CO[C@H](O[C@@H]4CO[C@@H](O[C@@H]5CO[C@@H](O)C(O)[C@H]5O)C(O)[C@H]4O)C(O)[C@H]3O)OC[C@H]2O)C(O)[C@@H]1O. The molecule has 0 radical (unpaired) electrons. The van der Waals surface area contributed by atoms with E-state index in [2.05, 4.69) is 0 Å². The fourth-order valence-electron chi connectivity index (χ4n) is 5.62. The van der Waals surface area contributed by atoms with Crippen LogP contribution < -0.4 is 0 Å². The molecule has 0 saturated carbocycles. The number of hydrogen-bond acceptors (Lipinski definition) is 21. The summed E-state index contributed by atoms with van der Waals surface area (Å²) in [6.45, 7) is -2.26. The zero-order chi connectivity index (χ0) is 33.4. The van der Waals surface area contributed by atoms with Crippen LogP contribution in [-0.4, -0.2) is 217 Å². The van der Waals surface area contributed by atoms with Crippen LogP contribution in [0.15, 0.2) is 0 Å². The first kappa shape index (κ1) is 36.4. The molecule has 0 aliphatic carbocycles. The average molecular weight is 679 g/mol. The highest BCUT2D eigenvalue weighted by molar-refractivity contribution is 4.93. The summed E-state index contributed by atoms with van der Waals surface area (Å²) in [6, 6.07) is 0. The van der Waals surface area contributed by atoms with Gasteiger partial charge in [-0.05, 0) is 0 Å². The molecule has 5 aliphatic heterocycles. The summed E-state index contributed by atoms with van der Waals surface area (Å²) in [5.74, 6) is 0. The van der Waals surface area contributed by atoms with Crippen LogP contribution in [0.2, 0.25) is 0 Å². The van der Waals surface area contributed by atoms with E-state index in [9.17, 15) is 61.3 Å². The molecule has 0 aromatic heterocycles. The molecular formula is C25H42O21. The van der Waals surface area contributed by atoms with Gasteiger partial charge in [-0.15, -0.1) is 0 Å². The Morgan fingerprint density at radius 2 is 0.870 bits per heavy atom. The van der Waals surface area contributed by atoms with Gasteiger partial charge >= 0.3 is 0 Å². The summed E-state index contributed by atoms with van der Waals surface area (Å²) in [6.07, 6.45) is -30.7. The molecular weight excluding hydrogens is 636 g/mol. The second-order valence-corrected chi connectivity index (χ2v) is 11.7. The van der Waals surface area contributed by atoms with Gasteiger partial charge in [-0.3, -0.25) is 0 Å². The summed E-state index contributed by atoms with van der Waals surface area (Å²) in [5.41, 5.74) is 0. The molecule has 0 aromatic carbocycles. The van der Waals surface area contributed by atoms with E-state index < -0.39 is 149 Å². The third kappa shape index (κ3) is 7.50. The lowest BCUT2D eigenvalue weighted by Crippen LogP contribution is -2.62. The van der Waals surface area contributed by atoms with E-state index in [-0.39, 0.29) is 6.61 Å². The molecule has 0 amide bonds. The van der Waals surface area contributed by atoms with E-state index >= 15 is 0 Å². The first-order valence-electron chi connectivity index (χ1n) is 14.7. The van der Waals surface area contributed by atoms with Crippen molar-refractivity contribution in [2.45, 2.75) is 123 Å². The van der Waals surface area contributed by atoms with E-state index in [0.29, 0.717) is 0 Å². The molecule has 12 N–H and O–H groups in total. The maximum Gasteiger partial charge on any atom is 0.187 e. The van der Waals surface area contributed by atoms with Crippen molar-refractivity contribution in [3.8, 4) is 0 Å². The van der Waals surface area contributed by atoms with Gasteiger partial charge in [-0.25, -0.2) is 0 Å². The van der Waals surface area contributed by atoms with Gasteiger partial charge in [0, 0.05) is 0 Å². The number of rotatable bonds is 9. The van der Waals surface area contributed by atoms with Crippen molar-refractivity contribution in [1.82, 2.24) is 0 Å². The largest absolute Gasteiger partial charge is 0.394 e. The van der Waals surface area contributed by atoms with Gasteiger partial charge in [0.15, 0.2) is 31.5 Å². The molecule has 268 valence electrons. The predicted octanol–water partition coefficient (Wildman–Crippen LogP) is -8.73. The Morgan fingerprint density at radius 3 is 1.37 bits per heavy atom. The molecule has 0 aromatic rings. The number of ether oxygens (including phenoxy) is 9. The molecule has 0 spiro atoms. The van der Waals surface area contributed by atoms with E-state index in [1.807, 2.05) is 0 Å². The first-order valence-corrected chi connectivity index (χ1v) is 14.7. The lowest BCUT2D eigenvalue weighted by atomic mass is 10.0. The summed E-state index contributed by atoms with van der Waals surface area (Å²) in [4.78, 5) is 0. The summed E-state index contributed by atoms with van der Waals surface area (Å²) < 4.78 is 48.3. The second kappa shape index (κ2) is 15.4. The van der Waals surface area contributed by atoms with Gasteiger partial charge in [0.25, 0.3) is 0 Å². The van der Waals surface area contributed by atoms with Crippen LogP contribution in [-0.2, 0) is 42.6 Å². The van der Waals surface area contributed by atoms with E-state index in [0.717, 1.165) is 0 Å². The van der Waals surface area contributed by atoms with Gasteiger partial charge in [0.2, 0.25) is 0 Å². The normalized spacial score (nSPS) is 53.7. The molecule has 21 heteroatoms. The summed E-state index contributed by atoms with van der Waals surface area (Å²) in [5, 5.41) is 122. The van der Waals surface area contributed by atoms with Crippen LogP contribution in [0.25, 0.3) is 0 Å². The maximum absolute atomic E-state index is 10.8. The smallest absolute Gasteiger partial charge is 0.187 e. The zero-order valence-electron chi connectivity index (χ0n) is 24.1. The highest BCUT2D eigenvalue weighted by Gasteiger charge is 2.51. The molecule has 5 aliphatic rings. The topological polar surface area (TPSA) is 326 Å². The lowest BCUT2D eigenvalue weighted by molar-refractivity contribution is -0.360. The minimum absolute atomic E-state index is 0.352. The molecule has 5 rings (SSSR count). The highest BCUT2D eigenvalue weighted by atomic mass is 16.8. The minimum atomic E-state index is -1.79. The van der Waals surface area contributed by atoms with Crippen LogP contribution in [0.1, 0.15) is 0 Å². The van der Waals surface area contributed by atoms with Crippen LogP contribution in [0, 0.1) is 0 Å². The highest BCUT2D eigenvalue weighted by Crippen LogP contribution is 2.31. The zero-order valence-corrected chi connectivity index (χ0v) is 24.1. The van der Waals surface area contributed by atoms with Gasteiger partial charge < -0.3 is 104 Å². The Balaban J connectivity index is 1.11. The van der Waals surface area contributed by atoms with Crippen molar-refractivity contribution < 1.29 is 104 Å². The Bertz CT molecular complexity index is 965. The van der Waals surface area contributed by atoms with Crippen molar-refractivity contribution >= 4 is 0 Å². The number of hydrogen-bond donors (Lipinski definition) is 12. The average Bonchev–Trinajstić information content (AvgIpc) is 3.31. The van der Waals surface area contributed by atoms with E-state index in [1.54, 1.807) is 0 Å². The molecule has 20 atom stereocenters. The van der Waals surface area contributed by atoms with Gasteiger partial charge in [0.05, 0.1) is 33.0 Å². The third-order valence-electron chi connectivity index (χ3n) is 8.47. The van der Waals surface area contributed by atoms with Crippen molar-refractivity contribution in [3.05, 3.63) is 0 Å². The molecule has 21 nitrogen and oxygen atoms in total. The van der Waals surface area contributed by atoms with Crippen LogP contribution >= 0.6 is 0 Å². The second-order valence-electron chi connectivity index (χ2n) is 11.7. The fraction of sp³-hybridized carbons (Fsp3) is 1.00. The van der Waals surface area contributed by atoms with Crippen LogP contribution in [0.3, 0.4) is 0 Å². The van der Waals surface area contributed by atoms with E-state index in [4.69, 9.17) is 42.6 Å². The summed E-state index contributed by atoms with van der Waals surface area (Å²) in [7, 11) is 0. The van der Waals surface area contributed by atoms with Crippen LogP contribution in [0.4, 0.5) is 0 Å². The number of aliphatic hydroxyl groups excluding tert-OH is 12. The number of aliphatic hydroxyl groups is 12. The Hall–Kier alpha value is -0.840. The molecule has 5 saturated heterocycles. The van der Waals surface area contributed by atoms with Crippen molar-refractivity contribution in [2.75, 3.05) is 33.0 Å². The van der Waals surface area contributed by atoms with Gasteiger partial charge in [0.1, 0.15) is 91.6 Å². The van der Waals surface area contributed by atoms with Crippen LogP contribution in [0.5, 0.6) is 0 Å². The maximum atomic E-state index is 10.8. The molecule has 5 fully saturated rings. The third-order valence-corrected chi connectivity index (χ3v) is 8.47. The van der Waals surface area contributed by atoms with E-state index in [1.165, 1.54) is 0 Å². The van der Waals surface area contributed by atoms with Crippen molar-refractivity contribution in [2.24, 2.45) is 0 Å². The standard InChI is InChI=1S/C25H42O21/c26-1-7-11(28)18(35)25(42-7)46-20-6(27)2-39-24(19(20)36)45-10-5-41-23(17(34)14(10)31)44-9-4-40-22(16(33)13(9)30)43-8-3-38-21(37)15(32)12(8)29/h6-37H,1-5H2/t6-,7+,8-,9-,10-,11-,12+,13+,14+,15?,16?,17?,18?,19?,20+,21-,22+,23-,24+,25+/m1/s1. The van der Waals surface area contributed by atoms with Gasteiger partial charge in [-0.2, -0.15) is 0 Å². The van der Waals surface area contributed by atoms with Gasteiger partial charge in [-0.1, -0.05) is 0 Å². The quantitative estimate of drug-likeness (QED) is 0.108. The first-order chi connectivity index (χ1) is 21.8. The Morgan fingerprint density at radius 1 is 0.435 bits per heavy atom. The predicted molar refractivity (Wildman–Crippen MR) is 136 cm³/mol. The molecule has 5 heterocycles. The van der Waals surface area contributed by atoms with Crippen molar-refractivity contribution in [3.63, 3.8) is 0 Å². The monoisotopic (exact) mass is 678 g/mol. The Kier molecular flexibility index (Phi) is 12.2. The minimum Gasteiger partial charge on any atom is -0.394 e. The molecule has 46 heavy (non-hydrogen) atoms. The lowest BCUT2D eigenvalue weighted by Gasteiger charge is -2.44. The van der Waals surface area contributed by atoms with Crippen molar-refractivity contribution in [1.29, 1.82) is 0 Å². The fourth-order valence-corrected chi connectivity index (χ4v) is 5.62. The summed E-state index contributed by atoms with van der Waals surface area (Å²) >= 11 is 0. The molecule has 5 unspecified atom stereocenters.